The number of carbonyl (C=O) groups excluding carboxylic acids is 1. The van der Waals surface area contributed by atoms with Crippen molar-refractivity contribution < 1.29 is 4.79 Å². The lowest BCUT2D eigenvalue weighted by atomic mass is 9.89. The number of H-pyrrole nitrogens is 1. The summed E-state index contributed by atoms with van der Waals surface area (Å²) >= 11 is 0. The van der Waals surface area contributed by atoms with Gasteiger partial charge in [0.25, 0.3) is 11.3 Å². The number of aryl methyl sites for hydroxylation is 2. The summed E-state index contributed by atoms with van der Waals surface area (Å²) < 4.78 is 1.30. The quantitative estimate of drug-likeness (QED) is 0.405. The zero-order chi connectivity index (χ0) is 24.4. The molecule has 2 heterocycles. The lowest BCUT2D eigenvalue weighted by molar-refractivity contribution is -0.119. The molecule has 0 saturated carbocycles. The first-order valence-electron chi connectivity index (χ1n) is 11.4. The summed E-state index contributed by atoms with van der Waals surface area (Å²) in [7, 11) is 0. The number of nitrogens with one attached hydrogen (secondary N) is 1. The monoisotopic (exact) mass is 463 g/mol. The summed E-state index contributed by atoms with van der Waals surface area (Å²) in [5.74, 6) is 0.148. The molecule has 2 aromatic heterocycles. The number of aromatic amines is 1. The van der Waals surface area contributed by atoms with Crippen LogP contribution < -0.4 is 10.5 Å². The molecule has 0 aliphatic carbocycles. The molecule has 7 heteroatoms. The normalized spacial score (nSPS) is 11.2. The van der Waals surface area contributed by atoms with Crippen LogP contribution in [0.15, 0.2) is 95.8 Å². The van der Waals surface area contributed by atoms with Crippen molar-refractivity contribution in [2.24, 2.45) is 0 Å². The van der Waals surface area contributed by atoms with Gasteiger partial charge in [-0.15, -0.1) is 0 Å². The van der Waals surface area contributed by atoms with Crippen LogP contribution in [0.25, 0.3) is 5.78 Å². The Balaban J connectivity index is 1.61. The lowest BCUT2D eigenvalue weighted by Gasteiger charge is -2.28. The number of amides is 1. The maximum absolute atomic E-state index is 14.3. The molecule has 5 rings (SSSR count). The summed E-state index contributed by atoms with van der Waals surface area (Å²) in [5, 5.41) is 3.02. The molecule has 5 aromatic rings. The largest absolute Gasteiger partial charge is 0.304 e. The van der Waals surface area contributed by atoms with Crippen LogP contribution in [0.4, 0.5) is 5.69 Å². The second kappa shape index (κ2) is 9.38. The van der Waals surface area contributed by atoms with Gasteiger partial charge in [-0.3, -0.25) is 14.7 Å². The van der Waals surface area contributed by atoms with Crippen molar-refractivity contribution in [3.05, 3.63) is 130 Å². The highest BCUT2D eigenvalue weighted by Gasteiger charge is 2.29. The van der Waals surface area contributed by atoms with E-state index in [1.807, 2.05) is 91.9 Å². The van der Waals surface area contributed by atoms with Crippen molar-refractivity contribution in [1.29, 1.82) is 0 Å². The maximum atomic E-state index is 14.3. The Labute approximate surface area is 202 Å². The molecule has 0 fully saturated rings. The Morgan fingerprint density at radius 2 is 1.54 bits per heavy atom. The average molecular weight is 464 g/mol. The molecule has 7 nitrogen and oxygen atoms in total. The van der Waals surface area contributed by atoms with E-state index < -0.39 is 5.92 Å². The maximum Gasteiger partial charge on any atom is 0.274 e. The summed E-state index contributed by atoms with van der Waals surface area (Å²) in [5.41, 5.74) is 3.94. The van der Waals surface area contributed by atoms with Crippen LogP contribution >= 0.6 is 0 Å². The SMILES string of the molecule is Cc1cccc(N(Cc2nc3nc(C)cc(=O)n3[nH]2)C(=O)C(c2ccccc2)c2ccccc2)c1. The van der Waals surface area contributed by atoms with Gasteiger partial charge < -0.3 is 4.90 Å². The smallest absolute Gasteiger partial charge is 0.274 e. The molecular weight excluding hydrogens is 438 g/mol. The van der Waals surface area contributed by atoms with E-state index in [0.29, 0.717) is 11.5 Å². The number of carbonyl (C=O) groups is 1. The molecule has 0 aliphatic rings. The number of hydrogen-bond acceptors (Lipinski definition) is 4. The number of nitrogens with zero attached hydrogens (tertiary/aromatic N) is 4. The zero-order valence-corrected chi connectivity index (χ0v) is 19.6. The molecule has 0 spiro atoms. The summed E-state index contributed by atoms with van der Waals surface area (Å²) in [6.45, 7) is 3.90. The van der Waals surface area contributed by atoms with Gasteiger partial charge in [-0.05, 0) is 42.7 Å². The fraction of sp³-hybridized carbons (Fsp3) is 0.143. The van der Waals surface area contributed by atoms with Crippen LogP contribution in [0.5, 0.6) is 0 Å². The van der Waals surface area contributed by atoms with Gasteiger partial charge in [0.05, 0.1) is 12.5 Å². The Bertz CT molecular complexity index is 1500. The minimum absolute atomic E-state index is 0.0926. The summed E-state index contributed by atoms with van der Waals surface area (Å²) in [6.07, 6.45) is 0. The molecule has 0 saturated heterocycles. The number of hydrogen-bond donors (Lipinski definition) is 1. The van der Waals surface area contributed by atoms with E-state index in [9.17, 15) is 9.59 Å². The Hall–Kier alpha value is -4.52. The number of aromatic nitrogens is 4. The van der Waals surface area contributed by atoms with Crippen molar-refractivity contribution in [3.63, 3.8) is 0 Å². The molecule has 0 unspecified atom stereocenters. The van der Waals surface area contributed by atoms with Gasteiger partial charge >= 0.3 is 0 Å². The van der Waals surface area contributed by atoms with Crippen LogP contribution in [0.2, 0.25) is 0 Å². The Kier molecular flexibility index (Phi) is 5.97. The average Bonchev–Trinajstić information content (AvgIpc) is 3.27. The van der Waals surface area contributed by atoms with E-state index in [-0.39, 0.29) is 23.8 Å². The van der Waals surface area contributed by atoms with Gasteiger partial charge in [-0.1, -0.05) is 72.8 Å². The topological polar surface area (TPSA) is 83.4 Å². The van der Waals surface area contributed by atoms with Crippen LogP contribution in [0.3, 0.4) is 0 Å². The highest BCUT2D eigenvalue weighted by Crippen LogP contribution is 2.30. The van der Waals surface area contributed by atoms with Crippen molar-refractivity contribution in [3.8, 4) is 0 Å². The predicted octanol–water partition coefficient (Wildman–Crippen LogP) is 4.40. The van der Waals surface area contributed by atoms with Crippen molar-refractivity contribution in [2.75, 3.05) is 4.90 Å². The highest BCUT2D eigenvalue weighted by molar-refractivity contribution is 6.00. The van der Waals surface area contributed by atoms with Gasteiger partial charge in [0.2, 0.25) is 5.91 Å². The van der Waals surface area contributed by atoms with E-state index in [2.05, 4.69) is 15.1 Å². The zero-order valence-electron chi connectivity index (χ0n) is 19.6. The van der Waals surface area contributed by atoms with Gasteiger partial charge in [0.15, 0.2) is 0 Å². The molecule has 174 valence electrons. The molecule has 0 radical (unpaired) electrons. The Morgan fingerprint density at radius 1 is 0.886 bits per heavy atom. The number of anilines is 1. The second-order valence-corrected chi connectivity index (χ2v) is 8.56. The minimum Gasteiger partial charge on any atom is -0.304 e. The first kappa shape index (κ1) is 22.3. The van der Waals surface area contributed by atoms with E-state index in [1.54, 1.807) is 11.8 Å². The molecule has 1 amide bonds. The molecule has 0 bridgehead atoms. The van der Waals surface area contributed by atoms with Crippen molar-refractivity contribution in [2.45, 2.75) is 26.3 Å². The summed E-state index contributed by atoms with van der Waals surface area (Å²) in [6, 6.07) is 28.8. The fourth-order valence-electron chi connectivity index (χ4n) is 4.27. The van der Waals surface area contributed by atoms with Crippen LogP contribution in [-0.4, -0.2) is 25.5 Å². The minimum atomic E-state index is -0.509. The van der Waals surface area contributed by atoms with Crippen molar-refractivity contribution >= 4 is 17.4 Å². The molecule has 0 aliphatic heterocycles. The van der Waals surface area contributed by atoms with E-state index in [0.717, 1.165) is 22.4 Å². The van der Waals surface area contributed by atoms with Crippen LogP contribution in [-0.2, 0) is 11.3 Å². The Morgan fingerprint density at radius 3 is 2.17 bits per heavy atom. The third-order valence-electron chi connectivity index (χ3n) is 5.90. The lowest BCUT2D eigenvalue weighted by Crippen LogP contribution is -2.35. The van der Waals surface area contributed by atoms with Gasteiger partial charge in [-0.2, -0.15) is 9.50 Å². The molecule has 35 heavy (non-hydrogen) atoms. The van der Waals surface area contributed by atoms with Gasteiger partial charge in [0.1, 0.15) is 5.82 Å². The van der Waals surface area contributed by atoms with Crippen LogP contribution in [0.1, 0.15) is 34.1 Å². The molecule has 3 aromatic carbocycles. The second-order valence-electron chi connectivity index (χ2n) is 8.56. The van der Waals surface area contributed by atoms with Gasteiger partial charge in [-0.25, -0.2) is 4.98 Å². The molecular formula is C28H25N5O2. The standard InChI is InChI=1S/C28H25N5O2/c1-19-10-9-15-23(16-19)32(18-24-30-28-29-20(2)17-25(34)33(28)31-24)27(35)26(21-11-5-3-6-12-21)22-13-7-4-8-14-22/h3-17,26H,18H2,1-2H3,(H,29,30,31). The first-order chi connectivity index (χ1) is 17.0. The molecule has 0 atom stereocenters. The number of fused-ring (bicyclic) bond motifs is 1. The number of rotatable bonds is 6. The van der Waals surface area contributed by atoms with Gasteiger partial charge in [0, 0.05) is 17.4 Å². The van der Waals surface area contributed by atoms with E-state index in [4.69, 9.17) is 0 Å². The van der Waals surface area contributed by atoms with E-state index >= 15 is 0 Å². The molecule has 1 N–H and O–H groups in total. The first-order valence-corrected chi connectivity index (χ1v) is 11.4. The van der Waals surface area contributed by atoms with Crippen LogP contribution in [0, 0.1) is 13.8 Å². The third kappa shape index (κ3) is 4.61. The highest BCUT2D eigenvalue weighted by atomic mass is 16.2. The third-order valence-corrected chi connectivity index (χ3v) is 5.90. The van der Waals surface area contributed by atoms with Crippen molar-refractivity contribution in [1.82, 2.24) is 19.6 Å². The summed E-state index contributed by atoms with van der Waals surface area (Å²) in [4.78, 5) is 37.3. The number of benzene rings is 3. The predicted molar refractivity (Wildman–Crippen MR) is 135 cm³/mol. The fourth-order valence-corrected chi connectivity index (χ4v) is 4.27. The van der Waals surface area contributed by atoms with E-state index in [1.165, 1.54) is 10.6 Å².